The molecule has 0 bridgehead atoms. The van der Waals surface area contributed by atoms with Gasteiger partial charge in [0.1, 0.15) is 5.82 Å². The van der Waals surface area contributed by atoms with E-state index in [-0.39, 0.29) is 17.3 Å². The number of nitrogens with one attached hydrogen (secondary N) is 1. The summed E-state index contributed by atoms with van der Waals surface area (Å²) in [4.78, 5) is 22.9. The highest BCUT2D eigenvalue weighted by atomic mass is 35.5. The second kappa shape index (κ2) is 12.3. The second-order valence-corrected chi connectivity index (χ2v) is 9.89. The van der Waals surface area contributed by atoms with Gasteiger partial charge in [0.05, 0.1) is 16.4 Å². The molecule has 178 valence electrons. The molecule has 0 saturated carbocycles. The van der Waals surface area contributed by atoms with Crippen LogP contribution in [0, 0.1) is 17.0 Å². The molecule has 1 aromatic heterocycles. The maximum absolute atomic E-state index is 12.4. The molecule has 0 aliphatic heterocycles. The van der Waals surface area contributed by atoms with Crippen molar-refractivity contribution in [2.24, 2.45) is 0 Å². The monoisotopic (exact) mass is 537 g/mol. The van der Waals surface area contributed by atoms with Gasteiger partial charge in [-0.25, -0.2) is 0 Å². The summed E-state index contributed by atoms with van der Waals surface area (Å²) in [6, 6.07) is 9.73. The number of hydrogen-bond acceptors (Lipinski definition) is 7. The molecule has 12 heteroatoms. The number of nitro benzene ring substituents is 1. The Kier molecular flexibility index (Phi) is 9.40. The van der Waals surface area contributed by atoms with E-state index in [4.69, 9.17) is 23.2 Å². The first-order valence-electron chi connectivity index (χ1n) is 10.0. The first-order chi connectivity index (χ1) is 16.3. The van der Waals surface area contributed by atoms with E-state index >= 15 is 0 Å². The van der Waals surface area contributed by atoms with Crippen LogP contribution < -0.4 is 5.32 Å². The van der Waals surface area contributed by atoms with Gasteiger partial charge < -0.3 is 9.88 Å². The van der Waals surface area contributed by atoms with E-state index < -0.39 is 4.92 Å². The van der Waals surface area contributed by atoms with Crippen molar-refractivity contribution in [3.05, 3.63) is 86.2 Å². The highest BCUT2D eigenvalue weighted by Crippen LogP contribution is 2.27. The Balaban J connectivity index is 1.58. The van der Waals surface area contributed by atoms with Crippen LogP contribution >= 0.6 is 46.7 Å². The van der Waals surface area contributed by atoms with Gasteiger partial charge in [-0.2, -0.15) is 0 Å². The van der Waals surface area contributed by atoms with E-state index in [1.165, 1.54) is 30.0 Å². The maximum atomic E-state index is 12.4. The van der Waals surface area contributed by atoms with Crippen molar-refractivity contribution in [3.63, 3.8) is 0 Å². The van der Waals surface area contributed by atoms with E-state index in [9.17, 15) is 14.9 Å². The van der Waals surface area contributed by atoms with Crippen LogP contribution in [-0.4, -0.2) is 31.3 Å². The molecule has 8 nitrogen and oxygen atoms in total. The van der Waals surface area contributed by atoms with Crippen molar-refractivity contribution in [2.75, 3.05) is 11.1 Å². The van der Waals surface area contributed by atoms with Crippen LogP contribution in [0.4, 0.5) is 11.4 Å². The molecule has 0 radical (unpaired) electrons. The van der Waals surface area contributed by atoms with Gasteiger partial charge in [-0.3, -0.25) is 14.9 Å². The van der Waals surface area contributed by atoms with Crippen LogP contribution in [0.2, 0.25) is 10.0 Å². The lowest BCUT2D eigenvalue weighted by Crippen LogP contribution is -2.15. The van der Waals surface area contributed by atoms with Crippen molar-refractivity contribution in [1.29, 1.82) is 0 Å². The molecule has 0 aliphatic carbocycles. The van der Waals surface area contributed by atoms with Crippen molar-refractivity contribution < 1.29 is 9.72 Å². The molecule has 1 amide bonds. The third-order valence-electron chi connectivity index (χ3n) is 4.64. The molecule has 0 unspecified atom stereocenters. The molecule has 2 aromatic carbocycles. The first kappa shape index (κ1) is 26.1. The van der Waals surface area contributed by atoms with Gasteiger partial charge in [0.15, 0.2) is 5.16 Å². The fraction of sp³-hybridized carbons (Fsp3) is 0.227. The Morgan fingerprint density at radius 2 is 2.03 bits per heavy atom. The molecule has 3 rings (SSSR count). The molecule has 0 atom stereocenters. The molecule has 0 saturated heterocycles. The number of thioether (sulfide) groups is 2. The fourth-order valence-corrected chi connectivity index (χ4v) is 5.25. The number of halogens is 2. The maximum Gasteiger partial charge on any atom is 0.269 e. The number of amides is 1. The standard InChI is InChI=1S/C22H21Cl2N5O3S2/c1-3-8-28-20(12-33-11-15-4-5-16(23)10-18(15)24)26-27-22(28)34-13-21(30)25-19-7-6-17(29(31)32)9-14(19)2/h3-7,9-10H,1,8,11-13H2,2H3,(H,25,30). The number of allylic oxidation sites excluding steroid dienone is 1. The summed E-state index contributed by atoms with van der Waals surface area (Å²) in [5.74, 6) is 1.93. The summed E-state index contributed by atoms with van der Waals surface area (Å²) in [6.45, 7) is 6.01. The minimum Gasteiger partial charge on any atom is -0.325 e. The quantitative estimate of drug-likeness (QED) is 0.135. The predicted molar refractivity (Wildman–Crippen MR) is 139 cm³/mol. The lowest BCUT2D eigenvalue weighted by molar-refractivity contribution is -0.384. The average Bonchev–Trinajstić information content (AvgIpc) is 3.17. The topological polar surface area (TPSA) is 103 Å². The zero-order valence-electron chi connectivity index (χ0n) is 18.2. The number of benzene rings is 2. The van der Waals surface area contributed by atoms with Crippen molar-refractivity contribution in [1.82, 2.24) is 14.8 Å². The fourth-order valence-electron chi connectivity index (χ4n) is 2.95. The van der Waals surface area contributed by atoms with Gasteiger partial charge in [-0.05, 0) is 36.2 Å². The van der Waals surface area contributed by atoms with Gasteiger partial charge in [-0.15, -0.1) is 28.5 Å². The molecule has 34 heavy (non-hydrogen) atoms. The molecule has 0 spiro atoms. The number of carbonyl (C=O) groups is 1. The summed E-state index contributed by atoms with van der Waals surface area (Å²) in [7, 11) is 0. The van der Waals surface area contributed by atoms with Gasteiger partial charge in [0, 0.05) is 40.2 Å². The number of non-ortho nitro benzene ring substituents is 1. The van der Waals surface area contributed by atoms with Gasteiger partial charge in [-0.1, -0.05) is 47.1 Å². The van der Waals surface area contributed by atoms with Gasteiger partial charge in [0.2, 0.25) is 5.91 Å². The SMILES string of the molecule is C=CCn1c(CSCc2ccc(Cl)cc2Cl)nnc1SCC(=O)Nc1ccc([N+](=O)[O-])cc1C. The summed E-state index contributed by atoms with van der Waals surface area (Å²) in [5.41, 5.74) is 2.11. The highest BCUT2D eigenvalue weighted by molar-refractivity contribution is 7.99. The number of aromatic nitrogens is 3. The number of carbonyl (C=O) groups excluding carboxylic acids is 1. The van der Waals surface area contributed by atoms with Crippen LogP contribution in [0.15, 0.2) is 54.2 Å². The van der Waals surface area contributed by atoms with Crippen LogP contribution in [0.5, 0.6) is 0 Å². The van der Waals surface area contributed by atoms with E-state index in [1.807, 2.05) is 16.7 Å². The summed E-state index contributed by atoms with van der Waals surface area (Å²) >= 11 is 15.1. The predicted octanol–water partition coefficient (Wildman–Crippen LogP) is 6.15. The molecule has 1 heterocycles. The zero-order valence-corrected chi connectivity index (χ0v) is 21.3. The highest BCUT2D eigenvalue weighted by Gasteiger charge is 2.15. The lowest BCUT2D eigenvalue weighted by atomic mass is 10.2. The molecular formula is C22H21Cl2N5O3S2. The van der Waals surface area contributed by atoms with Crippen molar-refractivity contribution in [3.8, 4) is 0 Å². The van der Waals surface area contributed by atoms with E-state index in [1.54, 1.807) is 30.8 Å². The minimum absolute atomic E-state index is 0.0221. The lowest BCUT2D eigenvalue weighted by Gasteiger charge is -2.10. The Labute approximate surface area is 215 Å². The number of aryl methyl sites for hydroxylation is 1. The number of nitro groups is 1. The summed E-state index contributed by atoms with van der Waals surface area (Å²) < 4.78 is 1.92. The molecular weight excluding hydrogens is 517 g/mol. The summed E-state index contributed by atoms with van der Waals surface area (Å²) in [6.07, 6.45) is 1.75. The van der Waals surface area contributed by atoms with Crippen LogP contribution in [-0.2, 0) is 22.8 Å². The van der Waals surface area contributed by atoms with Gasteiger partial charge in [0.25, 0.3) is 5.69 Å². The Bertz CT molecular complexity index is 1220. The normalized spacial score (nSPS) is 10.8. The Hall–Kier alpha value is -2.53. The molecule has 1 N–H and O–H groups in total. The van der Waals surface area contributed by atoms with Crippen LogP contribution in [0.3, 0.4) is 0 Å². The number of hydrogen-bond donors (Lipinski definition) is 1. The van der Waals surface area contributed by atoms with Crippen LogP contribution in [0.1, 0.15) is 17.0 Å². The van der Waals surface area contributed by atoms with Gasteiger partial charge >= 0.3 is 0 Å². The van der Waals surface area contributed by atoms with Crippen LogP contribution in [0.25, 0.3) is 0 Å². The Morgan fingerprint density at radius 1 is 1.24 bits per heavy atom. The molecule has 0 aliphatic rings. The first-order valence-corrected chi connectivity index (χ1v) is 12.9. The van der Waals surface area contributed by atoms with E-state index in [0.717, 1.165) is 11.4 Å². The Morgan fingerprint density at radius 3 is 2.71 bits per heavy atom. The molecule has 3 aromatic rings. The zero-order chi connectivity index (χ0) is 24.7. The largest absolute Gasteiger partial charge is 0.325 e. The smallest absolute Gasteiger partial charge is 0.269 e. The van der Waals surface area contributed by atoms with Crippen molar-refractivity contribution >= 4 is 64.0 Å². The van der Waals surface area contributed by atoms with Crippen molar-refractivity contribution in [2.45, 2.75) is 30.1 Å². The third kappa shape index (κ3) is 6.99. The number of rotatable bonds is 11. The number of nitrogens with zero attached hydrogens (tertiary/aromatic N) is 4. The van der Waals surface area contributed by atoms with E-state index in [2.05, 4.69) is 22.1 Å². The average molecular weight is 538 g/mol. The number of anilines is 1. The third-order valence-corrected chi connectivity index (χ3v) is 7.17. The molecule has 0 fully saturated rings. The second-order valence-electron chi connectivity index (χ2n) is 7.12. The minimum atomic E-state index is -0.471. The summed E-state index contributed by atoms with van der Waals surface area (Å²) in [5, 5.41) is 24.0. The van der Waals surface area contributed by atoms with E-state index in [0.29, 0.717) is 44.5 Å².